The molecule has 0 N–H and O–H groups in total. The third-order valence-corrected chi connectivity index (χ3v) is 3.12. The van der Waals surface area contributed by atoms with Crippen molar-refractivity contribution in [3.63, 3.8) is 0 Å². The van der Waals surface area contributed by atoms with Crippen LogP contribution in [0.3, 0.4) is 0 Å². The molecule has 106 valence electrons. The molecular formula is C8H12F3NO5S. The maximum absolute atomic E-state index is 12.3. The molecule has 6 nitrogen and oxygen atoms in total. The second kappa shape index (κ2) is 4.26. The maximum atomic E-state index is 12.3. The Morgan fingerprint density at radius 3 is 2.17 bits per heavy atom. The molecule has 1 unspecified atom stereocenters. The fourth-order valence-corrected chi connectivity index (χ4v) is 2.21. The highest BCUT2D eigenvalue weighted by molar-refractivity contribution is 7.85. The number of hydrogen-bond donors (Lipinski definition) is 0. The number of amides is 1. The van der Waals surface area contributed by atoms with E-state index in [1.807, 2.05) is 0 Å². The molecule has 1 heterocycles. The van der Waals surface area contributed by atoms with Gasteiger partial charge in [-0.15, -0.1) is 0 Å². The lowest BCUT2D eigenvalue weighted by atomic mass is 10.2. The van der Waals surface area contributed by atoms with Gasteiger partial charge in [0.25, 0.3) is 0 Å². The lowest BCUT2D eigenvalue weighted by Crippen LogP contribution is -2.39. The smallest absolute Gasteiger partial charge is 0.425 e. The van der Waals surface area contributed by atoms with Crippen LogP contribution in [0.4, 0.5) is 18.0 Å². The van der Waals surface area contributed by atoms with Crippen molar-refractivity contribution < 1.29 is 35.3 Å². The molecule has 0 bridgehead atoms. The molecule has 0 aromatic carbocycles. The van der Waals surface area contributed by atoms with Crippen molar-refractivity contribution in [1.82, 2.24) is 4.31 Å². The molecule has 1 aliphatic heterocycles. The van der Waals surface area contributed by atoms with Crippen LogP contribution in [-0.2, 0) is 19.2 Å². The highest BCUT2D eigenvalue weighted by atomic mass is 32.2. The number of alkyl halides is 3. The van der Waals surface area contributed by atoms with Gasteiger partial charge in [0.05, 0.1) is 6.54 Å². The van der Waals surface area contributed by atoms with Gasteiger partial charge in [0.1, 0.15) is 5.60 Å². The van der Waals surface area contributed by atoms with E-state index in [2.05, 4.69) is 8.92 Å². The summed E-state index contributed by atoms with van der Waals surface area (Å²) in [6, 6.07) is 0. The molecule has 0 aliphatic carbocycles. The summed E-state index contributed by atoms with van der Waals surface area (Å²) in [5.41, 5.74) is -1.02. The summed E-state index contributed by atoms with van der Waals surface area (Å²) in [7, 11) is -4.75. The van der Waals surface area contributed by atoms with Crippen molar-refractivity contribution in [2.75, 3.05) is 6.54 Å². The van der Waals surface area contributed by atoms with Crippen LogP contribution in [0.25, 0.3) is 0 Å². The molecule has 0 aromatic heterocycles. The Balaban J connectivity index is 2.88. The van der Waals surface area contributed by atoms with Crippen LogP contribution >= 0.6 is 0 Å². The van der Waals surface area contributed by atoms with Crippen LogP contribution < -0.4 is 0 Å². The van der Waals surface area contributed by atoms with Crippen molar-refractivity contribution in [3.8, 4) is 0 Å². The Hall–Kier alpha value is -1.03. The van der Waals surface area contributed by atoms with Crippen LogP contribution in [0.15, 0.2) is 0 Å². The maximum Gasteiger partial charge on any atom is 0.425 e. The summed E-state index contributed by atoms with van der Waals surface area (Å²) in [6.07, 6.45) is -8.83. The Labute approximate surface area is 102 Å². The normalized spacial score (nSPS) is 24.1. The Kier molecular flexibility index (Phi) is 3.56. The summed E-state index contributed by atoms with van der Waals surface area (Å²) >= 11 is 0. The minimum absolute atomic E-state index is 0.0730. The summed E-state index contributed by atoms with van der Waals surface area (Å²) < 4.78 is 67.9. The van der Waals surface area contributed by atoms with Crippen molar-refractivity contribution in [2.24, 2.45) is 0 Å². The van der Waals surface area contributed by atoms with E-state index < -0.39 is 40.8 Å². The van der Waals surface area contributed by atoms with Gasteiger partial charge in [-0.05, 0) is 20.8 Å². The van der Waals surface area contributed by atoms with Gasteiger partial charge < -0.3 is 4.74 Å². The summed E-state index contributed by atoms with van der Waals surface area (Å²) in [5, 5.41) is 0. The molecule has 1 amide bonds. The van der Waals surface area contributed by atoms with Gasteiger partial charge in [0, 0.05) is 0 Å². The number of halogens is 3. The first kappa shape index (κ1) is 15.0. The monoisotopic (exact) mass is 291 g/mol. The lowest BCUT2D eigenvalue weighted by molar-refractivity contribution is -0.187. The van der Waals surface area contributed by atoms with E-state index in [-0.39, 0.29) is 4.31 Å². The predicted octanol–water partition coefficient (Wildman–Crippen LogP) is 1.43. The number of nitrogens with zero attached hydrogens (tertiary/aromatic N) is 1. The average molecular weight is 291 g/mol. The summed E-state index contributed by atoms with van der Waals surface area (Å²) in [4.78, 5) is 11.4. The number of carbonyl (C=O) groups excluding carboxylic acids is 1. The number of carbonyl (C=O) groups is 1. The van der Waals surface area contributed by atoms with E-state index in [1.54, 1.807) is 0 Å². The van der Waals surface area contributed by atoms with Crippen LogP contribution in [-0.4, -0.2) is 43.2 Å². The Bertz CT molecular complexity index is 439. The molecule has 10 heteroatoms. The fraction of sp³-hybridized carbons (Fsp3) is 0.875. The van der Waals surface area contributed by atoms with E-state index in [9.17, 15) is 26.4 Å². The van der Waals surface area contributed by atoms with E-state index in [0.29, 0.717) is 0 Å². The molecule has 0 aromatic rings. The zero-order chi connectivity index (χ0) is 14.4. The molecule has 0 spiro atoms. The fourth-order valence-electron chi connectivity index (χ4n) is 1.11. The molecular weight excluding hydrogens is 279 g/mol. The third-order valence-electron chi connectivity index (χ3n) is 1.80. The first-order valence-electron chi connectivity index (χ1n) is 4.83. The van der Waals surface area contributed by atoms with Crippen molar-refractivity contribution in [3.05, 3.63) is 0 Å². The van der Waals surface area contributed by atoms with Gasteiger partial charge in [-0.1, -0.05) is 0 Å². The van der Waals surface area contributed by atoms with Crippen LogP contribution in [0.1, 0.15) is 20.8 Å². The number of rotatable bonds is 0. The standard InChI is InChI=1S/C8H12F3NO5S/c1-7(2,3)16-6(13)12-4-5(8(9,10)11)17-18(12,14)15/h5H,4H2,1-3H3. The molecule has 1 rings (SSSR count). The van der Waals surface area contributed by atoms with Crippen LogP contribution in [0.5, 0.6) is 0 Å². The topological polar surface area (TPSA) is 72.9 Å². The minimum atomic E-state index is -4.87. The van der Waals surface area contributed by atoms with Gasteiger partial charge >= 0.3 is 22.6 Å². The van der Waals surface area contributed by atoms with Crippen molar-refractivity contribution >= 4 is 16.4 Å². The van der Waals surface area contributed by atoms with E-state index >= 15 is 0 Å². The summed E-state index contributed by atoms with van der Waals surface area (Å²) in [5.74, 6) is 0. The highest BCUT2D eigenvalue weighted by Crippen LogP contribution is 2.31. The molecule has 1 saturated heterocycles. The quantitative estimate of drug-likeness (QED) is 0.675. The Morgan fingerprint density at radius 2 is 1.83 bits per heavy atom. The lowest BCUT2D eigenvalue weighted by Gasteiger charge is -2.22. The minimum Gasteiger partial charge on any atom is -0.443 e. The molecule has 18 heavy (non-hydrogen) atoms. The zero-order valence-electron chi connectivity index (χ0n) is 9.82. The van der Waals surface area contributed by atoms with Gasteiger partial charge in [0.2, 0.25) is 0 Å². The van der Waals surface area contributed by atoms with Gasteiger partial charge in [0.15, 0.2) is 6.10 Å². The molecule has 1 fully saturated rings. The highest BCUT2D eigenvalue weighted by Gasteiger charge is 2.54. The predicted molar refractivity (Wildman–Crippen MR) is 52.8 cm³/mol. The van der Waals surface area contributed by atoms with Crippen molar-refractivity contribution in [1.29, 1.82) is 0 Å². The largest absolute Gasteiger partial charge is 0.443 e. The number of hydrogen-bond acceptors (Lipinski definition) is 5. The first-order valence-corrected chi connectivity index (χ1v) is 6.20. The average Bonchev–Trinajstić information content (AvgIpc) is 2.36. The zero-order valence-corrected chi connectivity index (χ0v) is 10.6. The van der Waals surface area contributed by atoms with E-state index in [0.717, 1.165) is 0 Å². The van der Waals surface area contributed by atoms with Gasteiger partial charge in [-0.25, -0.2) is 8.98 Å². The van der Waals surface area contributed by atoms with Crippen LogP contribution in [0, 0.1) is 0 Å². The van der Waals surface area contributed by atoms with Gasteiger partial charge in [-0.2, -0.15) is 25.9 Å². The molecule has 0 radical (unpaired) electrons. The number of ether oxygens (including phenoxy) is 1. The first-order chi connectivity index (χ1) is 7.83. The molecule has 1 aliphatic rings. The molecule has 1 atom stereocenters. The van der Waals surface area contributed by atoms with E-state index in [4.69, 9.17) is 0 Å². The van der Waals surface area contributed by atoms with Gasteiger partial charge in [-0.3, -0.25) is 0 Å². The summed E-state index contributed by atoms with van der Waals surface area (Å²) in [6.45, 7) is 3.22. The second-order valence-electron chi connectivity index (χ2n) is 4.60. The SMILES string of the molecule is CC(C)(C)OC(=O)N1CC(C(F)(F)F)OS1(=O)=O. The van der Waals surface area contributed by atoms with E-state index in [1.165, 1.54) is 20.8 Å². The van der Waals surface area contributed by atoms with Crippen molar-refractivity contribution in [2.45, 2.75) is 38.7 Å². The Morgan fingerprint density at radius 1 is 1.33 bits per heavy atom. The third kappa shape index (κ3) is 3.48. The second-order valence-corrected chi connectivity index (χ2v) is 6.08. The van der Waals surface area contributed by atoms with Crippen LogP contribution in [0.2, 0.25) is 0 Å². The molecule has 0 saturated carbocycles.